The Morgan fingerprint density at radius 2 is 1.69 bits per heavy atom. The second-order valence-corrected chi connectivity index (χ2v) is 9.08. The van der Waals surface area contributed by atoms with Crippen LogP contribution in [0.3, 0.4) is 0 Å². The topological polar surface area (TPSA) is 65.5 Å². The lowest BCUT2D eigenvalue weighted by atomic mass is 9.97. The van der Waals surface area contributed by atoms with Gasteiger partial charge in [-0.25, -0.2) is 0 Å². The zero-order chi connectivity index (χ0) is 21.9. The van der Waals surface area contributed by atoms with E-state index in [-0.39, 0.29) is 17.3 Å². The van der Waals surface area contributed by atoms with Crippen LogP contribution < -0.4 is 5.32 Å². The van der Waals surface area contributed by atoms with Crippen molar-refractivity contribution in [3.8, 4) is 0 Å². The molecule has 2 aromatic rings. The highest BCUT2D eigenvalue weighted by Gasteiger charge is 2.27. The minimum Gasteiger partial charge on any atom is -0.352 e. The zero-order valence-electron chi connectivity index (χ0n) is 18.4. The Labute approximate surface area is 189 Å². The van der Waals surface area contributed by atoms with E-state index in [0.717, 1.165) is 31.4 Å². The first-order valence-electron chi connectivity index (χ1n) is 11.8. The number of piperidine rings is 2. The molecule has 166 valence electrons. The van der Waals surface area contributed by atoms with E-state index in [0.29, 0.717) is 11.3 Å². The number of rotatable bonds is 5. The molecule has 2 aliphatic heterocycles. The average molecular weight is 431 g/mol. The number of hydrogen-bond acceptors (Lipinski definition) is 6. The maximum Gasteiger partial charge on any atom is 0.211 e. The Kier molecular flexibility index (Phi) is 6.14. The van der Waals surface area contributed by atoms with E-state index in [4.69, 9.17) is 0 Å². The molecule has 2 saturated heterocycles. The number of hydrogen-bond donors (Lipinski definition) is 1. The number of aromatic nitrogens is 1. The van der Waals surface area contributed by atoms with Crippen molar-refractivity contribution in [1.82, 2.24) is 14.8 Å². The van der Waals surface area contributed by atoms with Gasteiger partial charge >= 0.3 is 0 Å². The van der Waals surface area contributed by atoms with Crippen LogP contribution in [0.1, 0.15) is 58.5 Å². The van der Waals surface area contributed by atoms with Crippen LogP contribution in [-0.4, -0.2) is 58.6 Å². The van der Waals surface area contributed by atoms with Crippen molar-refractivity contribution >= 4 is 17.3 Å². The largest absolute Gasteiger partial charge is 0.352 e. The van der Waals surface area contributed by atoms with Gasteiger partial charge in [-0.05, 0) is 81.7 Å². The van der Waals surface area contributed by atoms with Gasteiger partial charge in [0.05, 0.1) is 11.3 Å². The molecule has 1 N–H and O–H groups in total. The third-order valence-corrected chi connectivity index (χ3v) is 6.91. The smallest absolute Gasteiger partial charge is 0.211 e. The number of carbonyl (C=O) groups excluding carboxylic acids is 2. The van der Waals surface area contributed by atoms with Crippen molar-refractivity contribution in [3.05, 3.63) is 71.2 Å². The summed E-state index contributed by atoms with van der Waals surface area (Å²) >= 11 is 0. The van der Waals surface area contributed by atoms with Gasteiger partial charge in [-0.2, -0.15) is 0 Å². The lowest BCUT2D eigenvalue weighted by molar-refractivity contribution is 0.0896. The van der Waals surface area contributed by atoms with Gasteiger partial charge < -0.3 is 10.2 Å². The van der Waals surface area contributed by atoms with Gasteiger partial charge in [0.2, 0.25) is 11.6 Å². The Morgan fingerprint density at radius 1 is 0.938 bits per heavy atom. The van der Waals surface area contributed by atoms with Gasteiger partial charge in [0.25, 0.3) is 0 Å². The van der Waals surface area contributed by atoms with E-state index in [1.54, 1.807) is 12.1 Å². The van der Waals surface area contributed by atoms with Crippen LogP contribution in [-0.2, 0) is 6.54 Å². The number of ketones is 2. The molecule has 0 saturated carbocycles. The van der Waals surface area contributed by atoms with Crippen molar-refractivity contribution in [3.63, 3.8) is 0 Å². The molecule has 5 rings (SSSR count). The highest BCUT2D eigenvalue weighted by Crippen LogP contribution is 2.24. The average Bonchev–Trinajstić information content (AvgIpc) is 2.85. The van der Waals surface area contributed by atoms with Crippen LogP contribution >= 0.6 is 0 Å². The Balaban J connectivity index is 1.16. The normalized spacial score (nSPS) is 20.7. The van der Waals surface area contributed by atoms with Gasteiger partial charge in [0, 0.05) is 30.5 Å². The summed E-state index contributed by atoms with van der Waals surface area (Å²) in [4.78, 5) is 34.3. The third-order valence-electron chi connectivity index (χ3n) is 6.91. The number of pyridine rings is 1. The van der Waals surface area contributed by atoms with Crippen molar-refractivity contribution in [2.45, 2.75) is 44.7 Å². The van der Waals surface area contributed by atoms with Crippen LogP contribution in [0.4, 0.5) is 5.69 Å². The molecule has 2 fully saturated rings. The van der Waals surface area contributed by atoms with E-state index in [1.165, 1.54) is 63.0 Å². The fourth-order valence-corrected chi connectivity index (χ4v) is 5.12. The maximum atomic E-state index is 12.7. The first kappa shape index (κ1) is 21.0. The first-order valence-corrected chi connectivity index (χ1v) is 11.8. The van der Waals surface area contributed by atoms with Gasteiger partial charge in [0.15, 0.2) is 0 Å². The molecular weight excluding hydrogens is 400 g/mol. The molecule has 3 aliphatic rings. The van der Waals surface area contributed by atoms with Crippen LogP contribution in [0.25, 0.3) is 0 Å². The Hall–Kier alpha value is -2.83. The number of anilines is 1. The number of nitrogens with zero attached hydrogens (tertiary/aromatic N) is 3. The minimum absolute atomic E-state index is 0.201. The van der Waals surface area contributed by atoms with Crippen molar-refractivity contribution in [1.29, 1.82) is 0 Å². The predicted octanol–water partition coefficient (Wildman–Crippen LogP) is 3.91. The quantitative estimate of drug-likeness (QED) is 0.776. The Bertz CT molecular complexity index is 1020. The van der Waals surface area contributed by atoms with E-state index in [9.17, 15) is 9.59 Å². The summed E-state index contributed by atoms with van der Waals surface area (Å²) in [6, 6.07) is 12.3. The van der Waals surface area contributed by atoms with Gasteiger partial charge in [0.1, 0.15) is 5.69 Å². The summed E-state index contributed by atoms with van der Waals surface area (Å²) in [5.74, 6) is -0.444. The third kappa shape index (κ3) is 4.52. The van der Waals surface area contributed by atoms with E-state index >= 15 is 0 Å². The lowest BCUT2D eigenvalue weighted by Gasteiger charge is -2.40. The number of Topliss-reactive ketones (excluding diaryl/α,β-unsaturated/α-hetero) is 1. The monoisotopic (exact) mass is 430 g/mol. The summed E-state index contributed by atoms with van der Waals surface area (Å²) in [5, 5.41) is 3.12. The first-order chi connectivity index (χ1) is 15.7. The predicted molar refractivity (Wildman–Crippen MR) is 125 cm³/mol. The van der Waals surface area contributed by atoms with Crippen molar-refractivity contribution in [2.75, 3.05) is 31.5 Å². The molecule has 1 aliphatic carbocycles. The molecule has 0 bridgehead atoms. The zero-order valence-corrected chi connectivity index (χ0v) is 18.4. The number of nitrogens with one attached hydrogen (secondary N) is 1. The fourth-order valence-electron chi connectivity index (χ4n) is 5.12. The van der Waals surface area contributed by atoms with E-state index in [1.807, 2.05) is 12.1 Å². The molecule has 6 heteroatoms. The summed E-state index contributed by atoms with van der Waals surface area (Å²) in [6.45, 7) is 5.82. The highest BCUT2D eigenvalue weighted by atomic mass is 16.1. The number of fused-ring (bicyclic) bond motifs is 1. The molecule has 6 nitrogen and oxygen atoms in total. The standard InChI is InChI=1S/C26H30N4O2/c31-24-17-23(26(32)22-5-4-12-27-25(22)24)28-20-8-6-19(7-9-20)18-29-15-10-21(11-16-29)30-13-2-1-3-14-30/h4-9,12,17,21,28H,1-3,10-11,13-16,18H2. The van der Waals surface area contributed by atoms with Crippen molar-refractivity contribution in [2.24, 2.45) is 0 Å². The summed E-state index contributed by atoms with van der Waals surface area (Å²) < 4.78 is 0. The minimum atomic E-state index is -0.243. The van der Waals surface area contributed by atoms with Gasteiger partial charge in [-0.15, -0.1) is 0 Å². The van der Waals surface area contributed by atoms with Crippen molar-refractivity contribution < 1.29 is 9.59 Å². The van der Waals surface area contributed by atoms with E-state index < -0.39 is 0 Å². The highest BCUT2D eigenvalue weighted by molar-refractivity contribution is 6.24. The molecule has 0 radical (unpaired) electrons. The Morgan fingerprint density at radius 3 is 2.44 bits per heavy atom. The van der Waals surface area contributed by atoms with Gasteiger partial charge in [-0.3, -0.25) is 19.5 Å². The fraction of sp³-hybridized carbons (Fsp3) is 0.423. The summed E-state index contributed by atoms with van der Waals surface area (Å²) in [7, 11) is 0. The second-order valence-electron chi connectivity index (χ2n) is 9.08. The van der Waals surface area contributed by atoms with Gasteiger partial charge in [-0.1, -0.05) is 18.6 Å². The SMILES string of the molecule is O=C1C(Nc2ccc(CN3CCC(N4CCCCC4)CC3)cc2)=CC(=O)c2ncccc21. The molecule has 0 spiro atoms. The molecule has 3 heterocycles. The number of likely N-dealkylation sites (tertiary alicyclic amines) is 2. The summed E-state index contributed by atoms with van der Waals surface area (Å²) in [6.07, 6.45) is 9.53. The molecule has 0 unspecified atom stereocenters. The maximum absolute atomic E-state index is 12.7. The molecule has 0 amide bonds. The second kappa shape index (κ2) is 9.35. The van der Waals surface area contributed by atoms with Crippen LogP contribution in [0.5, 0.6) is 0 Å². The van der Waals surface area contributed by atoms with Crippen LogP contribution in [0.2, 0.25) is 0 Å². The van der Waals surface area contributed by atoms with Crippen LogP contribution in [0, 0.1) is 0 Å². The lowest BCUT2D eigenvalue weighted by Crippen LogP contribution is -2.46. The molecular formula is C26H30N4O2. The molecule has 32 heavy (non-hydrogen) atoms. The number of allylic oxidation sites excluding steroid dienone is 2. The number of benzene rings is 1. The van der Waals surface area contributed by atoms with Crippen LogP contribution in [0.15, 0.2) is 54.4 Å². The molecule has 1 aromatic heterocycles. The summed E-state index contributed by atoms with van der Waals surface area (Å²) in [5.41, 5.74) is 2.94. The molecule has 1 aromatic carbocycles. The van der Waals surface area contributed by atoms with E-state index in [2.05, 4.69) is 32.2 Å². The molecule has 0 atom stereocenters. The number of carbonyl (C=O) groups is 2.